The summed E-state index contributed by atoms with van der Waals surface area (Å²) in [5, 5.41) is 6.30. The molecule has 0 aliphatic rings. The Hall–Kier alpha value is -1.63. The number of halogens is 2. The lowest BCUT2D eigenvalue weighted by Crippen LogP contribution is -2.26. The van der Waals surface area contributed by atoms with Crippen molar-refractivity contribution in [1.29, 1.82) is 0 Å². The lowest BCUT2D eigenvalue weighted by molar-refractivity contribution is 0.190. The number of thiol groups is 1. The van der Waals surface area contributed by atoms with Crippen LogP contribution in [0.3, 0.4) is 0 Å². The van der Waals surface area contributed by atoms with Gasteiger partial charge in [0.25, 0.3) is 0 Å². The summed E-state index contributed by atoms with van der Waals surface area (Å²) in [6.07, 6.45) is 3.84. The molecule has 0 fully saturated rings. The highest BCUT2D eigenvalue weighted by Gasteiger charge is 2.27. The quantitative estimate of drug-likeness (QED) is 0.217. The molecule has 1 rings (SSSR count). The van der Waals surface area contributed by atoms with E-state index < -0.39 is 17.2 Å². The minimum absolute atomic E-state index is 0.447. The second kappa shape index (κ2) is 11.5. The molecule has 0 aliphatic carbocycles. The molecular formula is C23H34F2N2OS. The first-order valence-electron chi connectivity index (χ1n) is 9.82. The molecule has 0 spiro atoms. The van der Waals surface area contributed by atoms with Crippen LogP contribution in [0, 0.1) is 17.6 Å². The number of benzene rings is 1. The Labute approximate surface area is 179 Å². The fraction of sp³-hybridized carbons (Fsp3) is 0.478. The molecular weight excluding hydrogens is 390 g/mol. The number of anilines is 1. The molecule has 1 aromatic carbocycles. The fourth-order valence-corrected chi connectivity index (χ4v) is 3.42. The second-order valence-corrected chi connectivity index (χ2v) is 8.02. The highest BCUT2D eigenvalue weighted by Crippen LogP contribution is 2.35. The zero-order valence-corrected chi connectivity index (χ0v) is 19.2. The standard InChI is InChI=1S/C23H34F2N2OS/c1-8-20(23(5,6)28-29)19(11-9-15(2)14-26-7)16(3)17(4)27-18-10-12-21(24)22(25)13-18/h8,10,12-13,15,26-27,29H,4,9,11,14H2,1-3,5-7H3/b19-16+,20-8+. The van der Waals surface area contributed by atoms with E-state index in [9.17, 15) is 8.78 Å². The van der Waals surface area contributed by atoms with E-state index in [0.717, 1.165) is 48.2 Å². The van der Waals surface area contributed by atoms with Crippen LogP contribution in [0.25, 0.3) is 0 Å². The summed E-state index contributed by atoms with van der Waals surface area (Å²) >= 11 is 4.06. The molecule has 1 atom stereocenters. The van der Waals surface area contributed by atoms with Gasteiger partial charge < -0.3 is 14.8 Å². The minimum atomic E-state index is -0.899. The lowest BCUT2D eigenvalue weighted by atomic mass is 9.84. The molecule has 1 aromatic rings. The number of allylic oxidation sites excluding steroid dienone is 2. The Kier molecular flexibility index (Phi) is 10.1. The van der Waals surface area contributed by atoms with E-state index in [2.05, 4.69) is 37.0 Å². The third kappa shape index (κ3) is 7.28. The maximum atomic E-state index is 13.6. The third-order valence-electron chi connectivity index (χ3n) is 5.05. The Balaban J connectivity index is 3.25. The summed E-state index contributed by atoms with van der Waals surface area (Å²) in [7, 11) is 1.95. The molecule has 0 saturated heterocycles. The van der Waals surface area contributed by atoms with Crippen LogP contribution in [-0.4, -0.2) is 19.2 Å². The van der Waals surface area contributed by atoms with Gasteiger partial charge in [-0.1, -0.05) is 19.6 Å². The maximum absolute atomic E-state index is 13.6. The molecule has 162 valence electrons. The molecule has 0 saturated carbocycles. The fourth-order valence-electron chi connectivity index (χ4n) is 3.32. The van der Waals surface area contributed by atoms with E-state index in [0.29, 0.717) is 17.3 Å². The zero-order valence-electron chi connectivity index (χ0n) is 18.3. The first-order chi connectivity index (χ1) is 13.6. The van der Waals surface area contributed by atoms with Crippen molar-refractivity contribution in [3.63, 3.8) is 0 Å². The van der Waals surface area contributed by atoms with Gasteiger partial charge in [-0.2, -0.15) is 0 Å². The normalized spacial score (nSPS) is 14.4. The average Bonchev–Trinajstić information content (AvgIpc) is 2.67. The number of hydrogen-bond donors (Lipinski definition) is 3. The summed E-state index contributed by atoms with van der Waals surface area (Å²) in [5.41, 5.74) is 3.55. The summed E-state index contributed by atoms with van der Waals surface area (Å²) < 4.78 is 32.2. The van der Waals surface area contributed by atoms with E-state index in [4.69, 9.17) is 4.18 Å². The van der Waals surface area contributed by atoms with Crippen LogP contribution in [-0.2, 0) is 4.18 Å². The van der Waals surface area contributed by atoms with Gasteiger partial charge in [-0.3, -0.25) is 0 Å². The van der Waals surface area contributed by atoms with Crippen LogP contribution >= 0.6 is 12.9 Å². The van der Waals surface area contributed by atoms with Crippen molar-refractivity contribution in [1.82, 2.24) is 5.32 Å². The molecule has 0 heterocycles. The molecule has 0 bridgehead atoms. The first-order valence-corrected chi connectivity index (χ1v) is 10.2. The minimum Gasteiger partial charge on any atom is -0.356 e. The first kappa shape index (κ1) is 25.4. The van der Waals surface area contributed by atoms with Crippen molar-refractivity contribution in [3.8, 4) is 0 Å². The van der Waals surface area contributed by atoms with Crippen molar-refractivity contribution < 1.29 is 13.0 Å². The van der Waals surface area contributed by atoms with E-state index in [1.807, 2.05) is 40.8 Å². The van der Waals surface area contributed by atoms with Gasteiger partial charge in [0.05, 0.1) is 0 Å². The average molecular weight is 425 g/mol. The van der Waals surface area contributed by atoms with Crippen LogP contribution in [0.15, 0.2) is 53.3 Å². The smallest absolute Gasteiger partial charge is 0.160 e. The highest BCUT2D eigenvalue weighted by molar-refractivity contribution is 7.75. The van der Waals surface area contributed by atoms with Crippen molar-refractivity contribution in [3.05, 3.63) is 64.9 Å². The molecule has 6 heteroatoms. The Bertz CT molecular complexity index is 772. The van der Waals surface area contributed by atoms with Crippen LogP contribution < -0.4 is 10.6 Å². The van der Waals surface area contributed by atoms with Gasteiger partial charge in [0.15, 0.2) is 11.6 Å². The topological polar surface area (TPSA) is 33.3 Å². The summed E-state index contributed by atoms with van der Waals surface area (Å²) in [5.74, 6) is -1.28. The molecule has 0 radical (unpaired) electrons. The Morgan fingerprint density at radius 1 is 1.31 bits per heavy atom. The summed E-state index contributed by atoms with van der Waals surface area (Å²) in [4.78, 5) is 0. The molecule has 1 unspecified atom stereocenters. The van der Waals surface area contributed by atoms with Crippen molar-refractivity contribution in [2.75, 3.05) is 18.9 Å². The predicted octanol–water partition coefficient (Wildman–Crippen LogP) is 6.43. The second-order valence-electron chi connectivity index (χ2n) is 7.84. The summed E-state index contributed by atoms with van der Waals surface area (Å²) in [6, 6.07) is 3.71. The summed E-state index contributed by atoms with van der Waals surface area (Å²) in [6.45, 7) is 15.1. The van der Waals surface area contributed by atoms with Crippen molar-refractivity contribution in [2.24, 2.45) is 5.92 Å². The van der Waals surface area contributed by atoms with Gasteiger partial charge in [-0.15, -0.1) is 0 Å². The lowest BCUT2D eigenvalue weighted by Gasteiger charge is -2.30. The van der Waals surface area contributed by atoms with Crippen LogP contribution in [0.2, 0.25) is 0 Å². The van der Waals surface area contributed by atoms with E-state index in [1.54, 1.807) is 0 Å². The maximum Gasteiger partial charge on any atom is 0.160 e. The number of rotatable bonds is 11. The Morgan fingerprint density at radius 2 is 1.97 bits per heavy atom. The molecule has 2 N–H and O–H groups in total. The number of nitrogens with one attached hydrogen (secondary N) is 2. The van der Waals surface area contributed by atoms with E-state index in [1.165, 1.54) is 6.07 Å². The van der Waals surface area contributed by atoms with Crippen LogP contribution in [0.1, 0.15) is 47.5 Å². The SMILES string of the molecule is C=C(Nc1ccc(F)c(F)c1)/C(C)=C(CCC(C)CNC)/C(=C\C)C(C)(C)OS. The van der Waals surface area contributed by atoms with Crippen molar-refractivity contribution >= 4 is 18.6 Å². The van der Waals surface area contributed by atoms with Crippen LogP contribution in [0.4, 0.5) is 14.5 Å². The molecule has 0 aromatic heterocycles. The van der Waals surface area contributed by atoms with E-state index in [-0.39, 0.29) is 0 Å². The third-order valence-corrected chi connectivity index (χ3v) is 5.51. The largest absolute Gasteiger partial charge is 0.356 e. The van der Waals surface area contributed by atoms with Crippen molar-refractivity contribution in [2.45, 2.75) is 53.1 Å². The predicted molar refractivity (Wildman–Crippen MR) is 122 cm³/mol. The molecule has 0 aliphatic heterocycles. The molecule has 0 amide bonds. The van der Waals surface area contributed by atoms with Gasteiger partial charge >= 0.3 is 0 Å². The van der Waals surface area contributed by atoms with Gasteiger partial charge in [-0.05, 0) is 102 Å². The van der Waals surface area contributed by atoms with Crippen LogP contribution in [0.5, 0.6) is 0 Å². The Morgan fingerprint density at radius 3 is 2.48 bits per heavy atom. The zero-order chi connectivity index (χ0) is 22.2. The van der Waals surface area contributed by atoms with Gasteiger partial charge in [0, 0.05) is 17.5 Å². The van der Waals surface area contributed by atoms with Gasteiger partial charge in [-0.25, -0.2) is 8.78 Å². The van der Waals surface area contributed by atoms with Gasteiger partial charge in [0.2, 0.25) is 0 Å². The molecule has 29 heavy (non-hydrogen) atoms. The number of hydrogen-bond acceptors (Lipinski definition) is 4. The monoisotopic (exact) mass is 424 g/mol. The molecule has 3 nitrogen and oxygen atoms in total. The van der Waals surface area contributed by atoms with E-state index >= 15 is 0 Å². The highest BCUT2D eigenvalue weighted by atomic mass is 32.1. The van der Waals surface area contributed by atoms with Gasteiger partial charge in [0.1, 0.15) is 5.60 Å².